The van der Waals surface area contributed by atoms with Crippen molar-refractivity contribution < 1.29 is 9.53 Å². The van der Waals surface area contributed by atoms with Gasteiger partial charge in [-0.1, -0.05) is 19.9 Å². The zero-order valence-corrected chi connectivity index (χ0v) is 14.6. The monoisotopic (exact) mass is 333 g/mol. The molecule has 1 aromatic heterocycles. The third-order valence-corrected chi connectivity index (χ3v) is 3.98. The van der Waals surface area contributed by atoms with Crippen LogP contribution >= 0.6 is 11.3 Å². The van der Waals surface area contributed by atoms with Gasteiger partial charge in [0.15, 0.2) is 0 Å². The highest BCUT2D eigenvalue weighted by Gasteiger charge is 2.06. The van der Waals surface area contributed by atoms with Crippen LogP contribution in [0.3, 0.4) is 0 Å². The number of anilines is 1. The zero-order valence-electron chi connectivity index (χ0n) is 13.8. The SMILES string of the molecule is CNC(=O)Cc1nc(CNc2cccc(OCC(C)C)c2)cs1. The van der Waals surface area contributed by atoms with E-state index in [1.54, 1.807) is 7.05 Å². The molecule has 23 heavy (non-hydrogen) atoms. The predicted molar refractivity (Wildman–Crippen MR) is 94.0 cm³/mol. The standard InChI is InChI=1S/C17H23N3O2S/c1-12(2)10-22-15-6-4-5-13(7-15)19-9-14-11-23-17(20-14)8-16(21)18-3/h4-7,11-12,19H,8-10H2,1-3H3,(H,18,21). The Morgan fingerprint density at radius 1 is 1.39 bits per heavy atom. The van der Waals surface area contributed by atoms with E-state index in [2.05, 4.69) is 29.5 Å². The van der Waals surface area contributed by atoms with Gasteiger partial charge in [-0.2, -0.15) is 0 Å². The summed E-state index contributed by atoms with van der Waals surface area (Å²) >= 11 is 1.51. The normalized spacial score (nSPS) is 10.6. The topological polar surface area (TPSA) is 63.2 Å². The molecule has 0 aliphatic carbocycles. The average Bonchev–Trinajstić information content (AvgIpc) is 2.98. The molecule has 0 spiro atoms. The molecule has 6 heteroatoms. The fraction of sp³-hybridized carbons (Fsp3) is 0.412. The van der Waals surface area contributed by atoms with Gasteiger partial charge in [0.25, 0.3) is 0 Å². The average molecular weight is 333 g/mol. The van der Waals surface area contributed by atoms with E-state index in [-0.39, 0.29) is 5.91 Å². The van der Waals surface area contributed by atoms with Crippen LogP contribution < -0.4 is 15.4 Å². The second kappa shape index (κ2) is 8.53. The van der Waals surface area contributed by atoms with Crippen LogP contribution in [0.25, 0.3) is 0 Å². The molecule has 0 aliphatic rings. The highest BCUT2D eigenvalue weighted by molar-refractivity contribution is 7.09. The van der Waals surface area contributed by atoms with Crippen molar-refractivity contribution in [2.75, 3.05) is 19.0 Å². The Kier molecular flexibility index (Phi) is 6.40. The first-order valence-electron chi connectivity index (χ1n) is 7.67. The van der Waals surface area contributed by atoms with Gasteiger partial charge < -0.3 is 15.4 Å². The largest absolute Gasteiger partial charge is 0.493 e. The van der Waals surface area contributed by atoms with E-state index in [0.717, 1.165) is 22.1 Å². The molecule has 1 aromatic carbocycles. The van der Waals surface area contributed by atoms with Crippen LogP contribution in [0.2, 0.25) is 0 Å². The molecule has 0 atom stereocenters. The van der Waals surface area contributed by atoms with E-state index in [0.29, 0.717) is 25.5 Å². The van der Waals surface area contributed by atoms with E-state index in [1.807, 2.05) is 29.6 Å². The molecule has 1 amide bonds. The van der Waals surface area contributed by atoms with Gasteiger partial charge in [0, 0.05) is 24.2 Å². The highest BCUT2D eigenvalue weighted by Crippen LogP contribution is 2.19. The van der Waals surface area contributed by atoms with Gasteiger partial charge in [0.05, 0.1) is 25.3 Å². The molecule has 1 heterocycles. The molecule has 5 nitrogen and oxygen atoms in total. The first kappa shape index (κ1) is 17.3. The molecule has 0 radical (unpaired) electrons. The number of rotatable bonds is 8. The Morgan fingerprint density at radius 3 is 2.96 bits per heavy atom. The third-order valence-electron chi connectivity index (χ3n) is 3.08. The maximum absolute atomic E-state index is 11.3. The molecular formula is C17H23N3O2S. The lowest BCUT2D eigenvalue weighted by Crippen LogP contribution is -2.19. The summed E-state index contributed by atoms with van der Waals surface area (Å²) in [6.07, 6.45) is 0.333. The molecule has 0 bridgehead atoms. The molecule has 0 saturated carbocycles. The minimum atomic E-state index is -0.0196. The summed E-state index contributed by atoms with van der Waals surface area (Å²) < 4.78 is 5.72. The summed E-state index contributed by atoms with van der Waals surface area (Å²) in [5.74, 6) is 1.34. The summed E-state index contributed by atoms with van der Waals surface area (Å²) in [5.41, 5.74) is 1.93. The van der Waals surface area contributed by atoms with Gasteiger partial charge in [-0.25, -0.2) is 4.98 Å². The lowest BCUT2D eigenvalue weighted by atomic mass is 10.2. The van der Waals surface area contributed by atoms with Crippen LogP contribution in [0, 0.1) is 5.92 Å². The van der Waals surface area contributed by atoms with Gasteiger partial charge in [-0.15, -0.1) is 11.3 Å². The molecule has 2 rings (SSSR count). The number of nitrogens with zero attached hydrogens (tertiary/aromatic N) is 1. The number of carbonyl (C=O) groups excluding carboxylic acids is 1. The fourth-order valence-electron chi connectivity index (χ4n) is 1.89. The van der Waals surface area contributed by atoms with Gasteiger partial charge >= 0.3 is 0 Å². The number of ether oxygens (including phenoxy) is 1. The first-order chi connectivity index (χ1) is 11.1. The second-order valence-electron chi connectivity index (χ2n) is 5.67. The Labute approximate surface area is 141 Å². The zero-order chi connectivity index (χ0) is 16.7. The Balaban J connectivity index is 1.88. The van der Waals surface area contributed by atoms with Crippen molar-refractivity contribution in [2.24, 2.45) is 5.92 Å². The predicted octanol–water partition coefficient (Wildman–Crippen LogP) is 3.08. The van der Waals surface area contributed by atoms with Crippen LogP contribution in [0.4, 0.5) is 5.69 Å². The Morgan fingerprint density at radius 2 is 2.22 bits per heavy atom. The lowest BCUT2D eigenvalue weighted by molar-refractivity contribution is -0.119. The molecule has 0 unspecified atom stereocenters. The van der Waals surface area contributed by atoms with Crippen molar-refractivity contribution in [3.8, 4) is 5.75 Å². The van der Waals surface area contributed by atoms with Crippen molar-refractivity contribution >= 4 is 22.9 Å². The van der Waals surface area contributed by atoms with E-state index in [4.69, 9.17) is 4.74 Å². The van der Waals surface area contributed by atoms with Crippen molar-refractivity contribution in [2.45, 2.75) is 26.8 Å². The Bertz CT molecular complexity index is 640. The molecule has 0 aliphatic heterocycles. The number of amides is 1. The minimum absolute atomic E-state index is 0.0196. The number of thiazole rings is 1. The Hall–Kier alpha value is -2.08. The smallest absolute Gasteiger partial charge is 0.226 e. The minimum Gasteiger partial charge on any atom is -0.493 e. The molecule has 0 saturated heterocycles. The van der Waals surface area contributed by atoms with Crippen molar-refractivity contribution in [3.05, 3.63) is 40.3 Å². The number of likely N-dealkylation sites (N-methyl/N-ethyl adjacent to an activating group) is 1. The maximum Gasteiger partial charge on any atom is 0.226 e. The first-order valence-corrected chi connectivity index (χ1v) is 8.55. The van der Waals surface area contributed by atoms with E-state index >= 15 is 0 Å². The van der Waals surface area contributed by atoms with Gasteiger partial charge in [0.1, 0.15) is 10.8 Å². The number of hydrogen-bond donors (Lipinski definition) is 2. The van der Waals surface area contributed by atoms with E-state index in [1.165, 1.54) is 11.3 Å². The molecule has 2 N–H and O–H groups in total. The molecule has 124 valence electrons. The summed E-state index contributed by atoms with van der Waals surface area (Å²) in [5, 5.41) is 8.74. The number of carbonyl (C=O) groups is 1. The number of nitrogens with one attached hydrogen (secondary N) is 2. The second-order valence-corrected chi connectivity index (χ2v) is 6.61. The highest BCUT2D eigenvalue weighted by atomic mass is 32.1. The van der Waals surface area contributed by atoms with Crippen molar-refractivity contribution in [3.63, 3.8) is 0 Å². The molecule has 2 aromatic rings. The van der Waals surface area contributed by atoms with Crippen molar-refractivity contribution in [1.82, 2.24) is 10.3 Å². The van der Waals surface area contributed by atoms with Crippen LogP contribution in [-0.2, 0) is 17.8 Å². The van der Waals surface area contributed by atoms with Gasteiger partial charge in [-0.3, -0.25) is 4.79 Å². The number of benzene rings is 1. The summed E-state index contributed by atoms with van der Waals surface area (Å²) in [4.78, 5) is 15.8. The molecular weight excluding hydrogens is 310 g/mol. The van der Waals surface area contributed by atoms with Crippen LogP contribution in [0.15, 0.2) is 29.6 Å². The maximum atomic E-state index is 11.3. The third kappa shape index (κ3) is 5.90. The summed E-state index contributed by atoms with van der Waals surface area (Å²) in [7, 11) is 1.63. The number of aromatic nitrogens is 1. The van der Waals surface area contributed by atoms with Gasteiger partial charge in [-0.05, 0) is 18.1 Å². The molecule has 0 fully saturated rings. The van der Waals surface area contributed by atoms with Gasteiger partial charge in [0.2, 0.25) is 5.91 Å². The summed E-state index contributed by atoms with van der Waals surface area (Å²) in [6, 6.07) is 7.91. The van der Waals surface area contributed by atoms with Crippen LogP contribution in [-0.4, -0.2) is 24.5 Å². The quantitative estimate of drug-likeness (QED) is 0.779. The van der Waals surface area contributed by atoms with Crippen LogP contribution in [0.5, 0.6) is 5.75 Å². The van der Waals surface area contributed by atoms with Crippen LogP contribution in [0.1, 0.15) is 24.5 Å². The lowest BCUT2D eigenvalue weighted by Gasteiger charge is -2.10. The van der Waals surface area contributed by atoms with Crippen molar-refractivity contribution in [1.29, 1.82) is 0 Å². The van der Waals surface area contributed by atoms with E-state index in [9.17, 15) is 4.79 Å². The van der Waals surface area contributed by atoms with E-state index < -0.39 is 0 Å². The fourth-order valence-corrected chi connectivity index (χ4v) is 2.68. The summed E-state index contributed by atoms with van der Waals surface area (Å²) in [6.45, 7) is 5.58. The number of hydrogen-bond acceptors (Lipinski definition) is 5.